The first-order chi connectivity index (χ1) is 6.95. The molecule has 0 amide bonds. The Hall–Kier alpha value is 0.0300. The Morgan fingerprint density at radius 3 is 2.88 bits per heavy atom. The number of pyridine rings is 1. The molecular formula is C11H16Br2N2O-2. The van der Waals surface area contributed by atoms with E-state index in [0.717, 1.165) is 25.4 Å². The second kappa shape index (κ2) is 9.10. The molecule has 2 heterocycles. The van der Waals surface area contributed by atoms with Crippen LogP contribution in [0.5, 0.6) is 0 Å². The minimum absolute atomic E-state index is 0. The van der Waals surface area contributed by atoms with E-state index in [0.29, 0.717) is 6.10 Å². The molecule has 2 rings (SSSR count). The van der Waals surface area contributed by atoms with Gasteiger partial charge in [0.25, 0.3) is 0 Å². The summed E-state index contributed by atoms with van der Waals surface area (Å²) in [5, 5.41) is 3.36. The zero-order valence-electron chi connectivity index (χ0n) is 9.03. The molecule has 92 valence electrons. The molecule has 1 atom stereocenters. The van der Waals surface area contributed by atoms with Gasteiger partial charge in [0.05, 0.1) is 11.8 Å². The smallest absolute Gasteiger partial charge is 0.0700 e. The highest BCUT2D eigenvalue weighted by Gasteiger charge is 2.14. The Bertz CT molecular complexity index is 266. The predicted molar refractivity (Wildman–Crippen MR) is 54.9 cm³/mol. The van der Waals surface area contributed by atoms with Crippen molar-refractivity contribution < 1.29 is 38.7 Å². The summed E-state index contributed by atoms with van der Waals surface area (Å²) in [6.07, 6.45) is 4.63. The van der Waals surface area contributed by atoms with Gasteiger partial charge in [-0.15, -0.1) is 0 Å². The molecule has 1 aromatic rings. The van der Waals surface area contributed by atoms with Crippen molar-refractivity contribution in [3.63, 3.8) is 0 Å². The molecule has 0 radical (unpaired) electrons. The highest BCUT2D eigenvalue weighted by Crippen LogP contribution is 2.10. The third kappa shape index (κ3) is 5.39. The number of nitrogens with zero attached hydrogens (tertiary/aromatic N) is 1. The maximum atomic E-state index is 5.51. The molecule has 0 spiro atoms. The van der Waals surface area contributed by atoms with Crippen molar-refractivity contribution in [1.29, 1.82) is 0 Å². The molecule has 1 unspecified atom stereocenters. The van der Waals surface area contributed by atoms with Crippen LogP contribution in [0.1, 0.15) is 18.5 Å². The molecule has 1 aliphatic heterocycles. The zero-order valence-corrected chi connectivity index (χ0v) is 12.2. The summed E-state index contributed by atoms with van der Waals surface area (Å²) in [6.45, 7) is 2.70. The fraction of sp³-hybridized carbons (Fsp3) is 0.545. The minimum atomic E-state index is 0. The average molecular weight is 352 g/mol. The quantitative estimate of drug-likeness (QED) is 0.592. The van der Waals surface area contributed by atoms with Gasteiger partial charge in [0.2, 0.25) is 0 Å². The van der Waals surface area contributed by atoms with Crippen molar-refractivity contribution >= 4 is 0 Å². The molecule has 1 fully saturated rings. The van der Waals surface area contributed by atoms with E-state index in [2.05, 4.69) is 10.3 Å². The first-order valence-electron chi connectivity index (χ1n) is 5.17. The summed E-state index contributed by atoms with van der Waals surface area (Å²) >= 11 is 0. The molecule has 1 aromatic heterocycles. The summed E-state index contributed by atoms with van der Waals surface area (Å²) in [7, 11) is 0. The summed E-state index contributed by atoms with van der Waals surface area (Å²) in [4.78, 5) is 4.24. The summed E-state index contributed by atoms with van der Waals surface area (Å²) < 4.78 is 5.51. The van der Waals surface area contributed by atoms with Crippen LogP contribution < -0.4 is 39.3 Å². The number of nitrogens with one attached hydrogen (secondary N) is 1. The molecule has 0 aliphatic carbocycles. The van der Waals surface area contributed by atoms with Crippen LogP contribution in [0.4, 0.5) is 0 Å². The third-order valence-corrected chi connectivity index (χ3v) is 2.43. The van der Waals surface area contributed by atoms with Crippen LogP contribution in [0, 0.1) is 0 Å². The first-order valence-corrected chi connectivity index (χ1v) is 5.17. The highest BCUT2D eigenvalue weighted by atomic mass is 79.9. The van der Waals surface area contributed by atoms with Gasteiger partial charge in [-0.1, -0.05) is 6.07 Å². The lowest BCUT2D eigenvalue weighted by Gasteiger charge is -2.09. The molecule has 5 heteroatoms. The van der Waals surface area contributed by atoms with E-state index in [4.69, 9.17) is 4.74 Å². The number of aromatic nitrogens is 1. The summed E-state index contributed by atoms with van der Waals surface area (Å²) in [5.74, 6) is 0. The Labute approximate surface area is 118 Å². The second-order valence-electron chi connectivity index (χ2n) is 3.59. The Kier molecular flexibility index (Phi) is 9.12. The molecular weight excluding hydrogens is 336 g/mol. The Morgan fingerprint density at radius 2 is 2.25 bits per heavy atom. The predicted octanol–water partition coefficient (Wildman–Crippen LogP) is -4.64. The van der Waals surface area contributed by atoms with Gasteiger partial charge in [-0.25, -0.2) is 0 Å². The molecule has 1 N–H and O–H groups in total. The molecule has 0 aromatic carbocycles. The van der Waals surface area contributed by atoms with E-state index in [1.54, 1.807) is 0 Å². The van der Waals surface area contributed by atoms with E-state index in [1.807, 2.05) is 24.4 Å². The van der Waals surface area contributed by atoms with Gasteiger partial charge in [-0.05, 0) is 25.0 Å². The maximum absolute atomic E-state index is 5.51. The van der Waals surface area contributed by atoms with Crippen molar-refractivity contribution in [2.75, 3.05) is 13.2 Å². The summed E-state index contributed by atoms with van der Waals surface area (Å²) in [5.41, 5.74) is 1.09. The first kappa shape index (κ1) is 16.0. The van der Waals surface area contributed by atoms with E-state index in [-0.39, 0.29) is 34.0 Å². The van der Waals surface area contributed by atoms with Crippen molar-refractivity contribution in [3.05, 3.63) is 30.1 Å². The maximum Gasteiger partial charge on any atom is 0.0700 e. The van der Waals surface area contributed by atoms with Crippen molar-refractivity contribution in [2.45, 2.75) is 25.5 Å². The van der Waals surface area contributed by atoms with Crippen LogP contribution in [-0.4, -0.2) is 24.2 Å². The Morgan fingerprint density at radius 1 is 1.38 bits per heavy atom. The monoisotopic (exact) mass is 350 g/mol. The molecule has 16 heavy (non-hydrogen) atoms. The fourth-order valence-electron chi connectivity index (χ4n) is 1.67. The molecule has 1 aliphatic rings. The molecule has 3 nitrogen and oxygen atoms in total. The standard InChI is InChI=1S/C11H16N2O.2BrH/c1-2-6-13-10(4-1)8-12-9-11-5-3-7-14-11;;/h1-2,4,6,11-12H,3,5,7-9H2;2*1H/p-2. The second-order valence-corrected chi connectivity index (χ2v) is 3.59. The lowest BCUT2D eigenvalue weighted by atomic mass is 10.2. The number of halogens is 2. The normalized spacial score (nSPS) is 18.6. The average Bonchev–Trinajstić information content (AvgIpc) is 2.72. The van der Waals surface area contributed by atoms with Gasteiger partial charge in [0.15, 0.2) is 0 Å². The Balaban J connectivity index is 0.00000112. The zero-order chi connectivity index (χ0) is 9.64. The van der Waals surface area contributed by atoms with Gasteiger partial charge in [-0.2, -0.15) is 0 Å². The molecule has 0 bridgehead atoms. The molecule has 1 saturated heterocycles. The van der Waals surface area contributed by atoms with Gasteiger partial charge in [-0.3, -0.25) is 4.98 Å². The van der Waals surface area contributed by atoms with Crippen molar-refractivity contribution in [3.8, 4) is 0 Å². The van der Waals surface area contributed by atoms with Crippen LogP contribution >= 0.6 is 0 Å². The highest BCUT2D eigenvalue weighted by molar-refractivity contribution is 5.02. The topological polar surface area (TPSA) is 34.1 Å². The number of hydrogen-bond acceptors (Lipinski definition) is 3. The van der Waals surface area contributed by atoms with Gasteiger partial charge in [0, 0.05) is 25.9 Å². The van der Waals surface area contributed by atoms with Gasteiger partial charge < -0.3 is 44.0 Å². The molecule has 0 saturated carbocycles. The number of rotatable bonds is 4. The van der Waals surface area contributed by atoms with Gasteiger partial charge >= 0.3 is 0 Å². The lowest BCUT2D eigenvalue weighted by molar-refractivity contribution is -0.001000. The summed E-state index contributed by atoms with van der Waals surface area (Å²) in [6, 6.07) is 5.97. The van der Waals surface area contributed by atoms with Crippen LogP contribution in [0.2, 0.25) is 0 Å². The van der Waals surface area contributed by atoms with Crippen LogP contribution in [0.25, 0.3) is 0 Å². The van der Waals surface area contributed by atoms with Crippen molar-refractivity contribution in [2.24, 2.45) is 0 Å². The number of ether oxygens (including phenoxy) is 1. The van der Waals surface area contributed by atoms with E-state index < -0.39 is 0 Å². The third-order valence-electron chi connectivity index (χ3n) is 2.43. The van der Waals surface area contributed by atoms with Crippen LogP contribution in [0.3, 0.4) is 0 Å². The van der Waals surface area contributed by atoms with Crippen LogP contribution in [0.15, 0.2) is 24.4 Å². The van der Waals surface area contributed by atoms with Gasteiger partial charge in [0.1, 0.15) is 0 Å². The number of hydrogen-bond donors (Lipinski definition) is 1. The van der Waals surface area contributed by atoms with Crippen molar-refractivity contribution in [1.82, 2.24) is 10.3 Å². The largest absolute Gasteiger partial charge is 1.00 e. The SMILES string of the molecule is [Br-].[Br-].c1ccc(CNCC2CCCO2)nc1. The van der Waals surface area contributed by atoms with E-state index in [1.165, 1.54) is 12.8 Å². The van der Waals surface area contributed by atoms with E-state index in [9.17, 15) is 0 Å². The lowest BCUT2D eigenvalue weighted by Crippen LogP contribution is -3.00. The van der Waals surface area contributed by atoms with Crippen LogP contribution in [-0.2, 0) is 11.3 Å². The fourth-order valence-corrected chi connectivity index (χ4v) is 1.67. The minimum Gasteiger partial charge on any atom is -1.00 e. The van der Waals surface area contributed by atoms with E-state index >= 15 is 0 Å².